The summed E-state index contributed by atoms with van der Waals surface area (Å²) >= 11 is 0. The van der Waals surface area contributed by atoms with E-state index >= 15 is 0 Å². The normalized spacial score (nSPS) is 14.0. The lowest BCUT2D eigenvalue weighted by molar-refractivity contribution is -0.139. The fourth-order valence-electron chi connectivity index (χ4n) is 0.988. The predicted molar refractivity (Wildman–Crippen MR) is 58.2 cm³/mol. The summed E-state index contributed by atoms with van der Waals surface area (Å²) in [5.74, 6) is -1.04. The number of carboxylic acids is 1. The zero-order valence-corrected chi connectivity index (χ0v) is 10.4. The summed E-state index contributed by atoms with van der Waals surface area (Å²) in [5, 5.41) is 8.52. The third-order valence-corrected chi connectivity index (χ3v) is 2.96. The smallest absolute Gasteiger partial charge is 0.306 e. The Morgan fingerprint density at radius 1 is 1.44 bits per heavy atom. The van der Waals surface area contributed by atoms with Crippen LogP contribution in [0.2, 0.25) is 0 Å². The molecule has 96 valence electrons. The molecule has 0 spiro atoms. The van der Waals surface area contributed by atoms with Crippen LogP contribution in [0.1, 0.15) is 20.3 Å². The fourth-order valence-corrected chi connectivity index (χ4v) is 2.10. The lowest BCUT2D eigenvalue weighted by Gasteiger charge is -2.15. The zero-order chi connectivity index (χ0) is 12.8. The molecule has 0 heterocycles. The van der Waals surface area contributed by atoms with Crippen LogP contribution in [-0.4, -0.2) is 45.3 Å². The summed E-state index contributed by atoms with van der Waals surface area (Å²) < 4.78 is 32.0. The van der Waals surface area contributed by atoms with Crippen LogP contribution in [0.4, 0.5) is 0 Å². The quantitative estimate of drug-likeness (QED) is 0.531. The van der Waals surface area contributed by atoms with Gasteiger partial charge in [0.1, 0.15) is 0 Å². The van der Waals surface area contributed by atoms with Crippen molar-refractivity contribution in [2.24, 2.45) is 0 Å². The Morgan fingerprint density at radius 2 is 2.00 bits per heavy atom. The Hall–Kier alpha value is -0.700. The second-order valence-electron chi connectivity index (χ2n) is 3.58. The summed E-state index contributed by atoms with van der Waals surface area (Å²) in [6.45, 7) is 3.29. The molecule has 0 bridgehead atoms. The minimum absolute atomic E-state index is 0.0785. The van der Waals surface area contributed by atoms with Crippen LogP contribution in [-0.2, 0) is 19.7 Å². The standard InChI is InChI=1S/C8H18N2O5S/c1-6(2)10-16(13,14)9-5-7(15-3)4-8(11)12/h6-7,9-10H,4-5H2,1-3H3,(H,11,12). The highest BCUT2D eigenvalue weighted by molar-refractivity contribution is 7.87. The van der Waals surface area contributed by atoms with Crippen LogP contribution in [0.25, 0.3) is 0 Å². The van der Waals surface area contributed by atoms with Gasteiger partial charge in [-0.15, -0.1) is 0 Å². The van der Waals surface area contributed by atoms with Crippen LogP contribution >= 0.6 is 0 Å². The minimum Gasteiger partial charge on any atom is -0.481 e. The van der Waals surface area contributed by atoms with Gasteiger partial charge in [0, 0.05) is 19.7 Å². The van der Waals surface area contributed by atoms with Gasteiger partial charge in [-0.3, -0.25) is 4.79 Å². The average molecular weight is 254 g/mol. The van der Waals surface area contributed by atoms with E-state index in [-0.39, 0.29) is 19.0 Å². The van der Waals surface area contributed by atoms with Crippen molar-refractivity contribution in [3.63, 3.8) is 0 Å². The molecule has 0 aromatic carbocycles. The number of methoxy groups -OCH3 is 1. The van der Waals surface area contributed by atoms with Crippen molar-refractivity contribution >= 4 is 16.2 Å². The molecule has 0 rings (SSSR count). The van der Waals surface area contributed by atoms with Gasteiger partial charge >= 0.3 is 5.97 Å². The first kappa shape index (κ1) is 15.3. The first-order chi connectivity index (χ1) is 7.26. The Morgan fingerprint density at radius 3 is 2.38 bits per heavy atom. The summed E-state index contributed by atoms with van der Waals surface area (Å²) in [6.07, 6.45) is -0.929. The van der Waals surface area contributed by atoms with Crippen molar-refractivity contribution in [2.75, 3.05) is 13.7 Å². The second kappa shape index (κ2) is 6.79. The van der Waals surface area contributed by atoms with Crippen LogP contribution in [0, 0.1) is 0 Å². The van der Waals surface area contributed by atoms with E-state index in [0.717, 1.165) is 0 Å². The van der Waals surface area contributed by atoms with Gasteiger partial charge < -0.3 is 9.84 Å². The van der Waals surface area contributed by atoms with Gasteiger partial charge in [0.25, 0.3) is 10.2 Å². The van der Waals surface area contributed by atoms with Crippen molar-refractivity contribution < 1.29 is 23.1 Å². The van der Waals surface area contributed by atoms with Gasteiger partial charge in [0.15, 0.2) is 0 Å². The maximum absolute atomic E-state index is 11.3. The third kappa shape index (κ3) is 7.57. The van der Waals surface area contributed by atoms with Crippen molar-refractivity contribution in [2.45, 2.75) is 32.4 Å². The first-order valence-corrected chi connectivity index (χ1v) is 6.26. The van der Waals surface area contributed by atoms with E-state index in [1.165, 1.54) is 7.11 Å². The third-order valence-electron chi connectivity index (χ3n) is 1.63. The largest absolute Gasteiger partial charge is 0.481 e. The van der Waals surface area contributed by atoms with Crippen molar-refractivity contribution in [3.05, 3.63) is 0 Å². The summed E-state index contributed by atoms with van der Waals surface area (Å²) in [4.78, 5) is 10.4. The first-order valence-electron chi connectivity index (χ1n) is 4.78. The molecule has 0 aliphatic heterocycles. The SMILES string of the molecule is COC(CNS(=O)(=O)NC(C)C)CC(=O)O. The highest BCUT2D eigenvalue weighted by Gasteiger charge is 2.17. The molecule has 8 heteroatoms. The van der Waals surface area contributed by atoms with E-state index in [1.54, 1.807) is 13.8 Å². The number of ether oxygens (including phenoxy) is 1. The number of hydrogen-bond donors (Lipinski definition) is 3. The van der Waals surface area contributed by atoms with Crippen molar-refractivity contribution in [3.8, 4) is 0 Å². The molecule has 3 N–H and O–H groups in total. The Bertz CT molecular complexity index is 314. The molecular formula is C8H18N2O5S. The summed E-state index contributed by atoms with van der Waals surface area (Å²) in [6, 6.07) is -0.224. The van der Waals surface area contributed by atoms with Crippen LogP contribution in [0.3, 0.4) is 0 Å². The molecule has 0 aromatic rings. The molecule has 16 heavy (non-hydrogen) atoms. The number of rotatable bonds is 8. The molecule has 0 radical (unpaired) electrons. The van der Waals surface area contributed by atoms with Gasteiger partial charge in [0.2, 0.25) is 0 Å². The molecule has 0 aliphatic carbocycles. The molecule has 0 aromatic heterocycles. The fraction of sp³-hybridized carbons (Fsp3) is 0.875. The highest BCUT2D eigenvalue weighted by Crippen LogP contribution is 1.96. The zero-order valence-electron chi connectivity index (χ0n) is 9.56. The Kier molecular flexibility index (Phi) is 6.49. The molecular weight excluding hydrogens is 236 g/mol. The number of carbonyl (C=O) groups is 1. The lowest BCUT2D eigenvalue weighted by Crippen LogP contribution is -2.43. The van der Waals surface area contributed by atoms with E-state index in [9.17, 15) is 13.2 Å². The monoisotopic (exact) mass is 254 g/mol. The molecule has 1 atom stereocenters. The van der Waals surface area contributed by atoms with E-state index in [1.807, 2.05) is 0 Å². The second-order valence-corrected chi connectivity index (χ2v) is 5.11. The number of nitrogens with one attached hydrogen (secondary N) is 2. The summed E-state index contributed by atoms with van der Waals surface area (Å²) in [7, 11) is -2.26. The number of carboxylic acid groups (broad SMARTS) is 1. The van der Waals surface area contributed by atoms with Gasteiger partial charge in [-0.2, -0.15) is 17.9 Å². The van der Waals surface area contributed by atoms with Gasteiger partial charge in [0.05, 0.1) is 12.5 Å². The van der Waals surface area contributed by atoms with Crippen molar-refractivity contribution in [1.29, 1.82) is 0 Å². The molecule has 1 unspecified atom stereocenters. The molecule has 0 aliphatic rings. The van der Waals surface area contributed by atoms with Gasteiger partial charge in [-0.25, -0.2) is 0 Å². The molecule has 0 saturated carbocycles. The van der Waals surface area contributed by atoms with Gasteiger partial charge in [-0.05, 0) is 13.8 Å². The van der Waals surface area contributed by atoms with E-state index in [4.69, 9.17) is 9.84 Å². The van der Waals surface area contributed by atoms with Crippen LogP contribution < -0.4 is 9.44 Å². The predicted octanol–water partition coefficient (Wildman–Crippen LogP) is -0.691. The number of hydrogen-bond acceptors (Lipinski definition) is 4. The van der Waals surface area contributed by atoms with Crippen LogP contribution in [0.15, 0.2) is 0 Å². The van der Waals surface area contributed by atoms with E-state index < -0.39 is 22.3 Å². The summed E-state index contributed by atoms with van der Waals surface area (Å²) in [5.41, 5.74) is 0. The van der Waals surface area contributed by atoms with Crippen molar-refractivity contribution in [1.82, 2.24) is 9.44 Å². The topological polar surface area (TPSA) is 105 Å². The average Bonchev–Trinajstić information content (AvgIpc) is 2.09. The highest BCUT2D eigenvalue weighted by atomic mass is 32.2. The minimum atomic E-state index is -3.59. The lowest BCUT2D eigenvalue weighted by atomic mass is 10.2. The van der Waals surface area contributed by atoms with Gasteiger partial charge in [-0.1, -0.05) is 0 Å². The maximum atomic E-state index is 11.3. The van der Waals surface area contributed by atoms with Crippen LogP contribution in [0.5, 0.6) is 0 Å². The number of aliphatic carboxylic acids is 1. The maximum Gasteiger partial charge on any atom is 0.306 e. The Balaban J connectivity index is 4.15. The molecule has 0 saturated heterocycles. The Labute approximate surface area is 95.4 Å². The molecule has 0 fully saturated rings. The van der Waals surface area contributed by atoms with E-state index in [0.29, 0.717) is 0 Å². The molecule has 0 amide bonds. The van der Waals surface area contributed by atoms with E-state index in [2.05, 4.69) is 9.44 Å². The molecule has 7 nitrogen and oxygen atoms in total.